The summed E-state index contributed by atoms with van der Waals surface area (Å²) in [7, 11) is 0. The van der Waals surface area contributed by atoms with Crippen LogP contribution in [0.4, 0.5) is 8.78 Å². The summed E-state index contributed by atoms with van der Waals surface area (Å²) in [6.45, 7) is 0. The molecule has 0 aliphatic rings. The Bertz CT molecular complexity index is 194. The van der Waals surface area contributed by atoms with Crippen molar-refractivity contribution in [3.05, 3.63) is 29.8 Å². The lowest BCUT2D eigenvalue weighted by Crippen LogP contribution is -1.76. The zero-order chi connectivity index (χ0) is 9.56. The van der Waals surface area contributed by atoms with Crippen LogP contribution in [0.25, 0.3) is 0 Å². The average Bonchev–Trinajstić information content (AvgIpc) is 1.84. The third-order valence-electron chi connectivity index (χ3n) is 0.847. The molecule has 0 saturated carbocycles. The van der Waals surface area contributed by atoms with Crippen LogP contribution in [-0.4, -0.2) is 22.8 Å². The molecule has 0 spiro atoms. The number of benzene rings is 1. The predicted molar refractivity (Wildman–Crippen MR) is 38.2 cm³/mol. The maximum atomic E-state index is 12.0. The Kier molecular flexibility index (Phi) is 4.99. The molecular weight excluding hydrogens is 169 g/mol. The lowest BCUT2D eigenvalue weighted by molar-refractivity contribution is 0.448. The lowest BCUT2D eigenvalue weighted by Gasteiger charge is -1.90. The number of halogens is 2. The van der Waals surface area contributed by atoms with Gasteiger partial charge in [-0.1, -0.05) is 0 Å². The van der Waals surface area contributed by atoms with Crippen molar-refractivity contribution in [3.63, 3.8) is 0 Å². The van der Waals surface area contributed by atoms with Gasteiger partial charge in [-0.3, -0.25) is 0 Å². The summed E-state index contributed by atoms with van der Waals surface area (Å²) in [5, 5.41) is 22.5. The third kappa shape index (κ3) is 4.65. The molecule has 12 heavy (non-hydrogen) atoms. The molecule has 3 nitrogen and oxygen atoms in total. The summed E-state index contributed by atoms with van der Waals surface area (Å²) in [5.74, 6) is -1.94. The average molecular weight is 175 g/mol. The molecule has 1 aromatic rings. The number of hydrogen-bond donors (Lipinski definition) is 3. The minimum atomic E-state index is -0.771. The van der Waals surface area contributed by atoms with E-state index in [0.29, 0.717) is 6.07 Å². The fourth-order valence-electron chi connectivity index (χ4n) is 0.539. The molecule has 0 bridgehead atoms. The number of rotatable bonds is 0. The molecule has 0 saturated heterocycles. The largest absolute Gasteiger partial charge is 0.508 e. The Morgan fingerprint density at radius 1 is 1.00 bits per heavy atom. The van der Waals surface area contributed by atoms with Gasteiger partial charge in [-0.25, -0.2) is 8.78 Å². The van der Waals surface area contributed by atoms with Crippen LogP contribution in [0, 0.1) is 11.6 Å². The van der Waals surface area contributed by atoms with Gasteiger partial charge >= 0.3 is 7.69 Å². The van der Waals surface area contributed by atoms with E-state index in [2.05, 4.69) is 0 Å². The minimum absolute atomic E-state index is 0. The highest BCUT2D eigenvalue weighted by atomic mass is 19.1. The number of phenolic OH excluding ortho intramolecular Hbond substituents is 1. The lowest BCUT2D eigenvalue weighted by atomic mass is 10.3. The molecule has 0 aromatic heterocycles. The van der Waals surface area contributed by atoms with Gasteiger partial charge in [-0.05, 0) is 0 Å². The molecule has 0 amide bonds. The van der Waals surface area contributed by atoms with Crippen molar-refractivity contribution in [2.45, 2.75) is 0 Å². The molecule has 0 aliphatic heterocycles. The van der Waals surface area contributed by atoms with E-state index in [4.69, 9.17) is 15.2 Å². The highest BCUT2D eigenvalue weighted by molar-refractivity contribution is 6.13. The van der Waals surface area contributed by atoms with Crippen molar-refractivity contribution in [1.29, 1.82) is 0 Å². The van der Waals surface area contributed by atoms with Crippen LogP contribution in [0.15, 0.2) is 18.2 Å². The van der Waals surface area contributed by atoms with Crippen LogP contribution in [0.5, 0.6) is 5.75 Å². The van der Waals surface area contributed by atoms with Gasteiger partial charge in [0.2, 0.25) is 0 Å². The first-order valence-corrected chi connectivity index (χ1v) is 2.85. The van der Waals surface area contributed by atoms with Crippen molar-refractivity contribution in [2.75, 3.05) is 0 Å². The summed E-state index contributed by atoms with van der Waals surface area (Å²) in [5.41, 5.74) is 0. The first kappa shape index (κ1) is 10.9. The van der Waals surface area contributed by atoms with Crippen molar-refractivity contribution in [1.82, 2.24) is 0 Å². The Hall–Kier alpha value is -1.14. The first-order valence-electron chi connectivity index (χ1n) is 2.85. The van der Waals surface area contributed by atoms with E-state index in [1.165, 1.54) is 0 Å². The van der Waals surface area contributed by atoms with Gasteiger partial charge in [-0.2, -0.15) is 0 Å². The number of aromatic hydroxyl groups is 1. The van der Waals surface area contributed by atoms with Crippen LogP contribution < -0.4 is 0 Å². The predicted octanol–water partition coefficient (Wildman–Crippen LogP) is 0.176. The van der Waals surface area contributed by atoms with Gasteiger partial charge in [0, 0.05) is 18.2 Å². The Morgan fingerprint density at radius 3 is 1.58 bits per heavy atom. The van der Waals surface area contributed by atoms with Crippen LogP contribution in [0.2, 0.25) is 0 Å². The molecule has 0 fully saturated rings. The molecule has 0 unspecified atom stereocenters. The molecule has 1 rings (SSSR count). The smallest absolute Gasteiger partial charge is 0.482 e. The molecule has 3 N–H and O–H groups in total. The zero-order valence-corrected chi connectivity index (χ0v) is 5.91. The molecule has 65 valence electrons. The van der Waals surface area contributed by atoms with Crippen LogP contribution >= 0.6 is 0 Å². The Morgan fingerprint density at radius 2 is 1.33 bits per heavy atom. The van der Waals surface area contributed by atoms with Gasteiger partial charge in [-0.15, -0.1) is 0 Å². The van der Waals surface area contributed by atoms with E-state index in [1.807, 2.05) is 0 Å². The molecular formula is C6H6BF2O3. The maximum absolute atomic E-state index is 12.0. The second kappa shape index (κ2) is 5.51. The van der Waals surface area contributed by atoms with E-state index >= 15 is 0 Å². The van der Waals surface area contributed by atoms with Crippen LogP contribution in [0.3, 0.4) is 0 Å². The quantitative estimate of drug-likeness (QED) is 0.492. The van der Waals surface area contributed by atoms with Crippen molar-refractivity contribution >= 4 is 7.69 Å². The minimum Gasteiger partial charge on any atom is -0.508 e. The van der Waals surface area contributed by atoms with E-state index < -0.39 is 17.4 Å². The fraction of sp³-hybridized carbons (Fsp3) is 0. The standard InChI is InChI=1S/C6H4F2O.BH2O2/c7-4-1-5(8)3-6(9)2-4;2-1-3/h1-3,9H;2-3H. The molecule has 6 heteroatoms. The van der Waals surface area contributed by atoms with E-state index in [1.54, 1.807) is 0 Å². The zero-order valence-electron chi connectivity index (χ0n) is 5.91. The van der Waals surface area contributed by atoms with Gasteiger partial charge in [0.25, 0.3) is 0 Å². The number of hydrogen-bond acceptors (Lipinski definition) is 3. The van der Waals surface area contributed by atoms with Crippen LogP contribution in [-0.2, 0) is 0 Å². The molecule has 0 heterocycles. The topological polar surface area (TPSA) is 60.7 Å². The van der Waals surface area contributed by atoms with Gasteiger partial charge < -0.3 is 15.2 Å². The van der Waals surface area contributed by atoms with Crippen LogP contribution in [0.1, 0.15) is 0 Å². The SMILES string of the molecule is O[B]O.Oc1cc(F)cc(F)c1. The fourth-order valence-corrected chi connectivity index (χ4v) is 0.539. The number of phenols is 1. The first-order chi connectivity index (χ1) is 5.60. The summed E-state index contributed by atoms with van der Waals surface area (Å²) < 4.78 is 24.1. The summed E-state index contributed by atoms with van der Waals surface area (Å²) >= 11 is 0. The molecule has 0 aliphatic carbocycles. The van der Waals surface area contributed by atoms with Gasteiger partial charge in [0.1, 0.15) is 17.4 Å². The second-order valence-electron chi connectivity index (χ2n) is 1.74. The van der Waals surface area contributed by atoms with E-state index in [9.17, 15) is 8.78 Å². The van der Waals surface area contributed by atoms with Crippen molar-refractivity contribution in [2.24, 2.45) is 0 Å². The molecule has 1 aromatic carbocycles. The summed E-state index contributed by atoms with van der Waals surface area (Å²) in [6.07, 6.45) is 0. The Balaban J connectivity index is 0.000000354. The normalized spacial score (nSPS) is 8.33. The van der Waals surface area contributed by atoms with Gasteiger partial charge in [0.05, 0.1) is 0 Å². The second-order valence-corrected chi connectivity index (χ2v) is 1.74. The Labute approximate surface area is 68.2 Å². The van der Waals surface area contributed by atoms with E-state index in [0.717, 1.165) is 12.1 Å². The molecule has 1 radical (unpaired) electrons. The van der Waals surface area contributed by atoms with Crippen molar-refractivity contribution < 1.29 is 23.9 Å². The molecule has 0 atom stereocenters. The maximum Gasteiger partial charge on any atom is 0.482 e. The monoisotopic (exact) mass is 175 g/mol. The third-order valence-corrected chi connectivity index (χ3v) is 0.847. The van der Waals surface area contributed by atoms with Crippen molar-refractivity contribution in [3.8, 4) is 5.75 Å². The van der Waals surface area contributed by atoms with E-state index in [-0.39, 0.29) is 7.69 Å². The highest BCUT2D eigenvalue weighted by Crippen LogP contribution is 2.12. The summed E-state index contributed by atoms with van der Waals surface area (Å²) in [4.78, 5) is 0. The highest BCUT2D eigenvalue weighted by Gasteiger charge is 1.95. The summed E-state index contributed by atoms with van der Waals surface area (Å²) in [6, 6.07) is 2.37. The van der Waals surface area contributed by atoms with Gasteiger partial charge in [0.15, 0.2) is 0 Å².